The van der Waals surface area contributed by atoms with E-state index in [9.17, 15) is 13.2 Å². The summed E-state index contributed by atoms with van der Waals surface area (Å²) in [7, 11) is -2.91. The summed E-state index contributed by atoms with van der Waals surface area (Å²) in [6.45, 7) is 3.72. The van der Waals surface area contributed by atoms with Gasteiger partial charge < -0.3 is 9.69 Å². The number of hydrogen-bond acceptors (Lipinski definition) is 4. The van der Waals surface area contributed by atoms with Crippen LogP contribution < -0.4 is 0 Å². The Morgan fingerprint density at radius 1 is 1.20 bits per heavy atom. The molecule has 1 saturated heterocycles. The van der Waals surface area contributed by atoms with Crippen molar-refractivity contribution in [2.45, 2.75) is 18.8 Å². The second kappa shape index (κ2) is 6.06. The van der Waals surface area contributed by atoms with Crippen molar-refractivity contribution in [1.29, 1.82) is 0 Å². The lowest BCUT2D eigenvalue weighted by atomic mass is 9.83. The van der Waals surface area contributed by atoms with Crippen LogP contribution >= 0.6 is 0 Å². The second-order valence-electron chi connectivity index (χ2n) is 5.68. The summed E-state index contributed by atoms with van der Waals surface area (Å²) in [6.07, 6.45) is 1.62. The van der Waals surface area contributed by atoms with Crippen molar-refractivity contribution in [2.24, 2.45) is 0 Å². The molecule has 0 bridgehead atoms. The van der Waals surface area contributed by atoms with Crippen LogP contribution in [0, 0.1) is 0 Å². The smallest absolute Gasteiger partial charge is 0.151 e. The van der Waals surface area contributed by atoms with Gasteiger partial charge in [0.25, 0.3) is 0 Å². The van der Waals surface area contributed by atoms with Gasteiger partial charge in [-0.25, -0.2) is 8.42 Å². The van der Waals surface area contributed by atoms with Gasteiger partial charge in [0, 0.05) is 13.1 Å². The molecule has 0 N–H and O–H groups in total. The maximum Gasteiger partial charge on any atom is 0.151 e. The Morgan fingerprint density at radius 2 is 1.90 bits per heavy atom. The molecule has 5 heteroatoms. The van der Waals surface area contributed by atoms with Gasteiger partial charge in [0.2, 0.25) is 0 Å². The van der Waals surface area contributed by atoms with Gasteiger partial charge in [-0.05, 0) is 25.5 Å². The van der Waals surface area contributed by atoms with Crippen LogP contribution in [0.5, 0.6) is 0 Å². The van der Waals surface area contributed by atoms with E-state index >= 15 is 0 Å². The predicted molar refractivity (Wildman–Crippen MR) is 79.6 cm³/mol. The van der Waals surface area contributed by atoms with Crippen LogP contribution in [0.1, 0.15) is 18.9 Å². The van der Waals surface area contributed by atoms with E-state index in [1.54, 1.807) is 0 Å². The molecule has 1 fully saturated rings. The molecule has 1 aromatic carbocycles. The van der Waals surface area contributed by atoms with Crippen molar-refractivity contribution in [3.8, 4) is 0 Å². The molecule has 20 heavy (non-hydrogen) atoms. The Hall–Kier alpha value is -1.20. The summed E-state index contributed by atoms with van der Waals surface area (Å²) in [5.41, 5.74) is 0.386. The molecule has 110 valence electrons. The highest BCUT2D eigenvalue weighted by Crippen LogP contribution is 2.23. The lowest BCUT2D eigenvalue weighted by Gasteiger charge is -2.31. The first-order chi connectivity index (χ1) is 9.45. The summed E-state index contributed by atoms with van der Waals surface area (Å²) in [6, 6.07) is 9.66. The predicted octanol–water partition coefficient (Wildman–Crippen LogP) is 1.26. The third-order valence-electron chi connectivity index (χ3n) is 3.89. The van der Waals surface area contributed by atoms with E-state index in [0.29, 0.717) is 19.5 Å². The highest BCUT2D eigenvalue weighted by Gasteiger charge is 2.30. The topological polar surface area (TPSA) is 54.5 Å². The minimum Gasteiger partial charge on any atom is -0.302 e. The largest absolute Gasteiger partial charge is 0.302 e. The number of nitrogens with zero attached hydrogens (tertiary/aromatic N) is 1. The fraction of sp³-hybridized carbons (Fsp3) is 0.533. The molecular weight excluding hydrogens is 274 g/mol. The van der Waals surface area contributed by atoms with Gasteiger partial charge in [-0.2, -0.15) is 0 Å². The van der Waals surface area contributed by atoms with Gasteiger partial charge in [0.15, 0.2) is 9.84 Å². The molecule has 0 spiro atoms. The van der Waals surface area contributed by atoms with Gasteiger partial charge in [0.1, 0.15) is 6.29 Å². The molecule has 1 aromatic rings. The summed E-state index contributed by atoms with van der Waals surface area (Å²) < 4.78 is 23.3. The van der Waals surface area contributed by atoms with E-state index in [2.05, 4.69) is 4.90 Å². The average molecular weight is 295 g/mol. The van der Waals surface area contributed by atoms with Gasteiger partial charge in [-0.15, -0.1) is 0 Å². The third-order valence-corrected chi connectivity index (χ3v) is 5.61. The Kier molecular flexibility index (Phi) is 4.60. The maximum atomic E-state index is 11.6. The van der Waals surface area contributed by atoms with Crippen LogP contribution in [-0.4, -0.2) is 50.7 Å². The first-order valence-corrected chi connectivity index (χ1v) is 8.72. The normalized spacial score (nSPS) is 22.6. The van der Waals surface area contributed by atoms with Crippen LogP contribution in [0.3, 0.4) is 0 Å². The van der Waals surface area contributed by atoms with Crippen LogP contribution in [0.2, 0.25) is 0 Å². The Labute approximate surface area is 120 Å². The fourth-order valence-corrected chi connectivity index (χ4v) is 3.94. The summed E-state index contributed by atoms with van der Waals surface area (Å²) in [4.78, 5) is 13.7. The quantitative estimate of drug-likeness (QED) is 0.785. The maximum absolute atomic E-state index is 11.6. The minimum atomic E-state index is -2.91. The molecule has 0 radical (unpaired) electrons. The Morgan fingerprint density at radius 3 is 2.55 bits per heavy atom. The van der Waals surface area contributed by atoms with Gasteiger partial charge in [0.05, 0.1) is 16.9 Å². The zero-order valence-electron chi connectivity index (χ0n) is 11.8. The number of benzene rings is 1. The van der Waals surface area contributed by atoms with E-state index in [1.165, 1.54) is 0 Å². The first-order valence-electron chi connectivity index (χ1n) is 6.90. The van der Waals surface area contributed by atoms with Crippen LogP contribution in [0.25, 0.3) is 0 Å². The Balaban J connectivity index is 2.12. The van der Waals surface area contributed by atoms with Crippen LogP contribution in [-0.2, 0) is 20.0 Å². The first kappa shape index (κ1) is 15.2. The number of carbonyl (C=O) groups is 1. The van der Waals surface area contributed by atoms with Crippen LogP contribution in [0.15, 0.2) is 30.3 Å². The second-order valence-corrected chi connectivity index (χ2v) is 7.99. The monoisotopic (exact) mass is 295 g/mol. The van der Waals surface area contributed by atoms with E-state index in [4.69, 9.17) is 0 Å². The van der Waals surface area contributed by atoms with Crippen molar-refractivity contribution in [2.75, 3.05) is 31.1 Å². The SMILES string of the molecule is CC(C=O)(CN1CCCS(=O)(=O)CC1)c1ccccc1. The summed E-state index contributed by atoms with van der Waals surface area (Å²) in [5.74, 6) is 0.448. The molecule has 1 unspecified atom stereocenters. The van der Waals surface area contributed by atoms with Gasteiger partial charge >= 0.3 is 0 Å². The average Bonchev–Trinajstić information content (AvgIpc) is 2.61. The van der Waals surface area contributed by atoms with Crippen molar-refractivity contribution in [3.63, 3.8) is 0 Å². The highest BCUT2D eigenvalue weighted by atomic mass is 32.2. The lowest BCUT2D eigenvalue weighted by Crippen LogP contribution is -2.41. The summed E-state index contributed by atoms with van der Waals surface area (Å²) in [5, 5.41) is 0. The van der Waals surface area contributed by atoms with Crippen molar-refractivity contribution in [3.05, 3.63) is 35.9 Å². The molecule has 0 amide bonds. The van der Waals surface area contributed by atoms with Crippen molar-refractivity contribution < 1.29 is 13.2 Å². The highest BCUT2D eigenvalue weighted by molar-refractivity contribution is 7.91. The standard InChI is InChI=1S/C15H21NO3S/c1-15(13-17,14-6-3-2-4-7-14)12-16-8-5-10-20(18,19)11-9-16/h2-4,6-7,13H,5,8-12H2,1H3. The van der Waals surface area contributed by atoms with Gasteiger partial charge in [-0.1, -0.05) is 30.3 Å². The zero-order valence-corrected chi connectivity index (χ0v) is 12.6. The number of carbonyl (C=O) groups excluding carboxylic acids is 1. The molecule has 4 nitrogen and oxygen atoms in total. The molecule has 0 saturated carbocycles. The van der Waals surface area contributed by atoms with Gasteiger partial charge in [-0.3, -0.25) is 0 Å². The van der Waals surface area contributed by atoms with E-state index in [1.807, 2.05) is 37.3 Å². The number of rotatable bonds is 4. The van der Waals surface area contributed by atoms with E-state index < -0.39 is 15.3 Å². The number of hydrogen-bond donors (Lipinski definition) is 0. The molecule has 1 atom stereocenters. The molecule has 1 aliphatic rings. The van der Waals surface area contributed by atoms with E-state index in [-0.39, 0.29) is 11.5 Å². The van der Waals surface area contributed by atoms with Crippen molar-refractivity contribution >= 4 is 16.1 Å². The van der Waals surface area contributed by atoms with Crippen molar-refractivity contribution in [1.82, 2.24) is 4.90 Å². The fourth-order valence-electron chi connectivity index (χ4n) is 2.63. The van der Waals surface area contributed by atoms with E-state index in [0.717, 1.165) is 18.4 Å². The zero-order chi connectivity index (χ0) is 14.6. The summed E-state index contributed by atoms with van der Waals surface area (Å²) >= 11 is 0. The molecule has 2 rings (SSSR count). The van der Waals surface area contributed by atoms with Crippen LogP contribution in [0.4, 0.5) is 0 Å². The number of aldehydes is 1. The molecule has 1 heterocycles. The molecule has 1 aliphatic heterocycles. The number of sulfone groups is 1. The minimum absolute atomic E-state index is 0.191. The third kappa shape index (κ3) is 3.67. The Bertz CT molecular complexity index is 556. The molecule has 0 aliphatic carbocycles. The molecular formula is C15H21NO3S. The molecule has 0 aromatic heterocycles. The lowest BCUT2D eigenvalue weighted by molar-refractivity contribution is -0.112.